The molecule has 1 aromatic rings. The van der Waals surface area contributed by atoms with E-state index in [-0.39, 0.29) is 5.91 Å². The first-order chi connectivity index (χ1) is 9.40. The summed E-state index contributed by atoms with van der Waals surface area (Å²) in [5, 5.41) is 9.17. The molecule has 5 heteroatoms. The molecule has 0 aliphatic heterocycles. The van der Waals surface area contributed by atoms with Crippen LogP contribution in [0.25, 0.3) is 6.08 Å². The third-order valence-electron chi connectivity index (χ3n) is 2.87. The van der Waals surface area contributed by atoms with Crippen LogP contribution in [-0.4, -0.2) is 41.5 Å². The van der Waals surface area contributed by atoms with Gasteiger partial charge in [0, 0.05) is 25.2 Å². The maximum atomic E-state index is 11.8. The van der Waals surface area contributed by atoms with Crippen LogP contribution in [0.3, 0.4) is 0 Å². The van der Waals surface area contributed by atoms with E-state index >= 15 is 0 Å². The van der Waals surface area contributed by atoms with Crippen LogP contribution < -0.4 is 5.73 Å². The number of aliphatic hydroxyl groups excluding tert-OH is 1. The van der Waals surface area contributed by atoms with E-state index in [1.807, 2.05) is 0 Å². The highest BCUT2D eigenvalue weighted by atomic mass is 16.3. The molecule has 1 atom stereocenters. The molecule has 0 spiro atoms. The molecular formula is C15H20N2O3. The van der Waals surface area contributed by atoms with E-state index in [1.54, 1.807) is 49.2 Å². The smallest absolute Gasteiger partial charge is 0.248 e. The van der Waals surface area contributed by atoms with E-state index in [0.29, 0.717) is 18.5 Å². The molecule has 2 amide bonds. The fourth-order valence-electron chi connectivity index (χ4n) is 1.54. The van der Waals surface area contributed by atoms with Gasteiger partial charge in [-0.25, -0.2) is 0 Å². The van der Waals surface area contributed by atoms with Crippen molar-refractivity contribution in [2.75, 3.05) is 13.6 Å². The number of primary amides is 1. The zero-order valence-electron chi connectivity index (χ0n) is 11.7. The van der Waals surface area contributed by atoms with Gasteiger partial charge in [-0.05, 0) is 37.1 Å². The first-order valence-electron chi connectivity index (χ1n) is 6.41. The molecule has 5 nitrogen and oxygen atoms in total. The van der Waals surface area contributed by atoms with Crippen molar-refractivity contribution in [3.63, 3.8) is 0 Å². The van der Waals surface area contributed by atoms with E-state index in [4.69, 9.17) is 10.8 Å². The predicted octanol–water partition coefficient (Wildman–Crippen LogP) is 1.03. The average molecular weight is 276 g/mol. The summed E-state index contributed by atoms with van der Waals surface area (Å²) in [6, 6.07) is 6.67. The van der Waals surface area contributed by atoms with Gasteiger partial charge in [0.05, 0.1) is 6.10 Å². The number of carbonyl (C=O) groups is 2. The molecule has 0 aliphatic carbocycles. The van der Waals surface area contributed by atoms with Crippen molar-refractivity contribution < 1.29 is 14.7 Å². The van der Waals surface area contributed by atoms with Gasteiger partial charge in [-0.2, -0.15) is 0 Å². The van der Waals surface area contributed by atoms with Crippen LogP contribution in [0.5, 0.6) is 0 Å². The number of amides is 2. The summed E-state index contributed by atoms with van der Waals surface area (Å²) in [6.07, 6.45) is 3.26. The van der Waals surface area contributed by atoms with Gasteiger partial charge < -0.3 is 15.7 Å². The number of nitrogens with two attached hydrogens (primary N) is 1. The topological polar surface area (TPSA) is 83.6 Å². The molecule has 3 N–H and O–H groups in total. The minimum atomic E-state index is -0.477. The molecule has 0 bridgehead atoms. The Bertz CT molecular complexity index is 492. The van der Waals surface area contributed by atoms with E-state index in [0.717, 1.165) is 5.56 Å². The Kier molecular flexibility index (Phi) is 5.93. The normalized spacial score (nSPS) is 12.3. The van der Waals surface area contributed by atoms with Crippen LogP contribution in [-0.2, 0) is 4.79 Å². The minimum absolute atomic E-state index is 0.135. The van der Waals surface area contributed by atoms with E-state index in [2.05, 4.69) is 0 Å². The fourth-order valence-corrected chi connectivity index (χ4v) is 1.54. The lowest BCUT2D eigenvalue weighted by Gasteiger charge is -2.15. The Morgan fingerprint density at radius 1 is 1.35 bits per heavy atom. The summed E-state index contributed by atoms with van der Waals surface area (Å²) in [4.78, 5) is 24.2. The van der Waals surface area contributed by atoms with Gasteiger partial charge in [0.15, 0.2) is 0 Å². The maximum Gasteiger partial charge on any atom is 0.248 e. The third kappa shape index (κ3) is 5.24. The van der Waals surface area contributed by atoms with Crippen molar-refractivity contribution in [2.24, 2.45) is 5.73 Å². The summed E-state index contributed by atoms with van der Waals surface area (Å²) >= 11 is 0. The predicted molar refractivity (Wildman–Crippen MR) is 77.9 cm³/mol. The summed E-state index contributed by atoms with van der Waals surface area (Å²) in [5.74, 6) is -0.612. The lowest BCUT2D eigenvalue weighted by Crippen LogP contribution is -2.27. The Hall–Kier alpha value is -2.14. The molecule has 108 valence electrons. The zero-order chi connectivity index (χ0) is 15.1. The molecule has 0 saturated heterocycles. The van der Waals surface area contributed by atoms with Crippen molar-refractivity contribution in [1.82, 2.24) is 4.90 Å². The zero-order valence-corrected chi connectivity index (χ0v) is 11.7. The highest BCUT2D eigenvalue weighted by Gasteiger charge is 2.06. The van der Waals surface area contributed by atoms with Crippen molar-refractivity contribution in [1.29, 1.82) is 0 Å². The number of rotatable bonds is 6. The molecule has 0 saturated carbocycles. The highest BCUT2D eigenvalue weighted by molar-refractivity contribution is 5.93. The number of nitrogens with zero attached hydrogens (tertiary/aromatic N) is 1. The Morgan fingerprint density at radius 2 is 1.95 bits per heavy atom. The first kappa shape index (κ1) is 15.9. The van der Waals surface area contributed by atoms with Crippen LogP contribution in [0, 0.1) is 0 Å². The molecule has 1 rings (SSSR count). The fraction of sp³-hybridized carbons (Fsp3) is 0.333. The Morgan fingerprint density at radius 3 is 2.45 bits per heavy atom. The summed E-state index contributed by atoms with van der Waals surface area (Å²) in [7, 11) is 1.69. The van der Waals surface area contributed by atoms with Crippen LogP contribution in [0.1, 0.15) is 29.3 Å². The van der Waals surface area contributed by atoms with Gasteiger partial charge >= 0.3 is 0 Å². The van der Waals surface area contributed by atoms with E-state index in [9.17, 15) is 9.59 Å². The van der Waals surface area contributed by atoms with Crippen molar-refractivity contribution in [2.45, 2.75) is 19.4 Å². The molecule has 0 aromatic heterocycles. The molecule has 20 heavy (non-hydrogen) atoms. The molecule has 0 radical (unpaired) electrons. The standard InChI is InChI=1S/C15H20N2O3/c1-11(18)9-10-17(2)14(19)8-5-12-3-6-13(7-4-12)15(16)20/h3-8,11,18H,9-10H2,1-2H3,(H2,16,20)/b8-5+. The van der Waals surface area contributed by atoms with Gasteiger partial charge in [-0.1, -0.05) is 12.1 Å². The number of likely N-dealkylation sites (N-methyl/N-ethyl adjacent to an activating group) is 1. The second-order valence-corrected chi connectivity index (χ2v) is 4.72. The first-order valence-corrected chi connectivity index (χ1v) is 6.41. The quantitative estimate of drug-likeness (QED) is 0.761. The monoisotopic (exact) mass is 276 g/mol. The summed E-state index contributed by atoms with van der Waals surface area (Å²) in [5.41, 5.74) is 6.39. The molecule has 0 heterocycles. The van der Waals surface area contributed by atoms with Crippen LogP contribution in [0.4, 0.5) is 0 Å². The van der Waals surface area contributed by atoms with Gasteiger partial charge in [0.2, 0.25) is 11.8 Å². The number of hydrogen-bond acceptors (Lipinski definition) is 3. The summed E-state index contributed by atoms with van der Waals surface area (Å²) < 4.78 is 0. The molecular weight excluding hydrogens is 256 g/mol. The van der Waals surface area contributed by atoms with E-state index < -0.39 is 12.0 Å². The largest absolute Gasteiger partial charge is 0.393 e. The molecule has 0 fully saturated rings. The van der Waals surface area contributed by atoms with Crippen LogP contribution in [0.2, 0.25) is 0 Å². The minimum Gasteiger partial charge on any atom is -0.393 e. The Labute approximate surface area is 118 Å². The number of carbonyl (C=O) groups excluding carboxylic acids is 2. The van der Waals surface area contributed by atoms with Crippen LogP contribution >= 0.6 is 0 Å². The van der Waals surface area contributed by atoms with Gasteiger partial charge in [-0.3, -0.25) is 9.59 Å². The Balaban J connectivity index is 2.58. The van der Waals surface area contributed by atoms with Crippen molar-refractivity contribution >= 4 is 17.9 Å². The third-order valence-corrected chi connectivity index (χ3v) is 2.87. The lowest BCUT2D eigenvalue weighted by molar-refractivity contribution is -0.124. The molecule has 0 aliphatic rings. The summed E-state index contributed by atoms with van der Waals surface area (Å²) in [6.45, 7) is 2.19. The second-order valence-electron chi connectivity index (χ2n) is 4.72. The molecule has 1 aromatic carbocycles. The second kappa shape index (κ2) is 7.45. The van der Waals surface area contributed by atoms with Gasteiger partial charge in [0.1, 0.15) is 0 Å². The highest BCUT2D eigenvalue weighted by Crippen LogP contribution is 2.06. The van der Waals surface area contributed by atoms with Gasteiger partial charge in [0.25, 0.3) is 0 Å². The van der Waals surface area contributed by atoms with Crippen molar-refractivity contribution in [3.05, 3.63) is 41.5 Å². The van der Waals surface area contributed by atoms with Crippen LogP contribution in [0.15, 0.2) is 30.3 Å². The van der Waals surface area contributed by atoms with Gasteiger partial charge in [-0.15, -0.1) is 0 Å². The number of hydrogen-bond donors (Lipinski definition) is 2. The molecule has 1 unspecified atom stereocenters. The number of aliphatic hydroxyl groups is 1. The maximum absolute atomic E-state index is 11.8. The average Bonchev–Trinajstić information content (AvgIpc) is 2.42. The number of benzene rings is 1. The SMILES string of the molecule is CC(O)CCN(C)C(=O)/C=C/c1ccc(C(N)=O)cc1. The van der Waals surface area contributed by atoms with Crippen molar-refractivity contribution in [3.8, 4) is 0 Å². The van der Waals surface area contributed by atoms with E-state index in [1.165, 1.54) is 6.08 Å². The lowest BCUT2D eigenvalue weighted by atomic mass is 10.1.